The van der Waals surface area contributed by atoms with Crippen LogP contribution in [0.5, 0.6) is 0 Å². The van der Waals surface area contributed by atoms with E-state index >= 15 is 0 Å². The summed E-state index contributed by atoms with van der Waals surface area (Å²) in [6.07, 6.45) is 4.94. The predicted molar refractivity (Wildman–Crippen MR) is 55.1 cm³/mol. The van der Waals surface area contributed by atoms with Gasteiger partial charge in [0.2, 0.25) is 0 Å². The molecule has 82 valence electrons. The molecule has 1 aliphatic heterocycles. The summed E-state index contributed by atoms with van der Waals surface area (Å²) in [6, 6.07) is 0. The van der Waals surface area contributed by atoms with E-state index in [0.29, 0.717) is 19.6 Å². The SMILES string of the molecule is CN(CCC1CCC1)S(=O)(=O)N1CC1. The summed E-state index contributed by atoms with van der Waals surface area (Å²) in [5.74, 6) is 0.779. The van der Waals surface area contributed by atoms with Crippen LogP contribution >= 0.6 is 0 Å². The van der Waals surface area contributed by atoms with Crippen LogP contribution in [0.15, 0.2) is 0 Å². The minimum Gasteiger partial charge on any atom is -0.195 e. The molecule has 14 heavy (non-hydrogen) atoms. The Hall–Kier alpha value is -0.130. The maximum atomic E-state index is 11.7. The van der Waals surface area contributed by atoms with E-state index in [0.717, 1.165) is 12.3 Å². The van der Waals surface area contributed by atoms with Gasteiger partial charge in [-0.3, -0.25) is 0 Å². The second-order valence-electron chi connectivity index (χ2n) is 4.31. The third-order valence-corrected chi connectivity index (χ3v) is 5.19. The summed E-state index contributed by atoms with van der Waals surface area (Å²) >= 11 is 0. The van der Waals surface area contributed by atoms with E-state index in [1.165, 1.54) is 27.9 Å². The summed E-state index contributed by atoms with van der Waals surface area (Å²) < 4.78 is 26.3. The van der Waals surface area contributed by atoms with Gasteiger partial charge in [-0.05, 0) is 12.3 Å². The van der Waals surface area contributed by atoms with Crippen LogP contribution in [0.2, 0.25) is 0 Å². The van der Waals surface area contributed by atoms with E-state index in [9.17, 15) is 8.42 Å². The molecule has 0 aromatic rings. The largest absolute Gasteiger partial charge is 0.281 e. The smallest absolute Gasteiger partial charge is 0.195 e. The van der Waals surface area contributed by atoms with Crippen LogP contribution in [0.1, 0.15) is 25.7 Å². The number of rotatable bonds is 5. The van der Waals surface area contributed by atoms with Crippen LogP contribution in [0.3, 0.4) is 0 Å². The van der Waals surface area contributed by atoms with Crippen molar-refractivity contribution in [3.63, 3.8) is 0 Å². The van der Waals surface area contributed by atoms with Gasteiger partial charge in [0.15, 0.2) is 0 Å². The molecular weight excluding hydrogens is 200 g/mol. The Kier molecular flexibility index (Phi) is 2.81. The summed E-state index contributed by atoms with van der Waals surface area (Å²) in [4.78, 5) is 0. The second kappa shape index (κ2) is 3.79. The molecule has 0 bridgehead atoms. The zero-order valence-electron chi connectivity index (χ0n) is 8.65. The molecule has 2 fully saturated rings. The van der Waals surface area contributed by atoms with Crippen molar-refractivity contribution in [1.29, 1.82) is 0 Å². The average molecular weight is 218 g/mol. The van der Waals surface area contributed by atoms with Crippen LogP contribution in [0.25, 0.3) is 0 Å². The van der Waals surface area contributed by atoms with Crippen LogP contribution in [-0.4, -0.2) is 43.7 Å². The van der Waals surface area contributed by atoms with Gasteiger partial charge in [0.25, 0.3) is 10.2 Å². The minimum absolute atomic E-state index is 0.684. The van der Waals surface area contributed by atoms with Crippen molar-refractivity contribution in [2.45, 2.75) is 25.7 Å². The van der Waals surface area contributed by atoms with Crippen LogP contribution in [0.4, 0.5) is 0 Å². The molecule has 0 N–H and O–H groups in total. The molecule has 1 heterocycles. The lowest BCUT2D eigenvalue weighted by molar-refractivity contribution is 0.274. The maximum Gasteiger partial charge on any atom is 0.281 e. The Morgan fingerprint density at radius 1 is 1.36 bits per heavy atom. The third-order valence-electron chi connectivity index (χ3n) is 3.20. The Labute approximate surface area is 86.1 Å². The monoisotopic (exact) mass is 218 g/mol. The lowest BCUT2D eigenvalue weighted by Gasteiger charge is -2.27. The van der Waals surface area contributed by atoms with Crippen molar-refractivity contribution in [1.82, 2.24) is 8.61 Å². The summed E-state index contributed by atoms with van der Waals surface area (Å²) in [7, 11) is -1.39. The highest BCUT2D eigenvalue weighted by atomic mass is 32.2. The van der Waals surface area contributed by atoms with Crippen molar-refractivity contribution < 1.29 is 8.42 Å². The summed E-state index contributed by atoms with van der Waals surface area (Å²) in [6.45, 7) is 2.09. The van der Waals surface area contributed by atoms with E-state index < -0.39 is 10.2 Å². The fourth-order valence-electron chi connectivity index (χ4n) is 1.73. The fraction of sp³-hybridized carbons (Fsp3) is 1.00. The highest BCUT2D eigenvalue weighted by molar-refractivity contribution is 7.87. The molecule has 1 saturated carbocycles. The average Bonchev–Trinajstić information content (AvgIpc) is 2.82. The molecule has 2 aliphatic rings. The lowest BCUT2D eigenvalue weighted by Crippen LogP contribution is -2.34. The van der Waals surface area contributed by atoms with E-state index in [2.05, 4.69) is 0 Å². The number of nitrogens with zero attached hydrogens (tertiary/aromatic N) is 2. The van der Waals surface area contributed by atoms with Gasteiger partial charge in [-0.1, -0.05) is 19.3 Å². The zero-order chi connectivity index (χ0) is 10.2. The molecule has 1 saturated heterocycles. The van der Waals surface area contributed by atoms with Gasteiger partial charge >= 0.3 is 0 Å². The quantitative estimate of drug-likeness (QED) is 0.636. The molecule has 0 aromatic heterocycles. The standard InChI is InChI=1S/C9H18N2O2S/c1-10(6-5-9-3-2-4-9)14(12,13)11-7-8-11/h9H,2-8H2,1H3. The van der Waals surface area contributed by atoms with Crippen molar-refractivity contribution in [2.24, 2.45) is 5.92 Å². The Morgan fingerprint density at radius 2 is 2.00 bits per heavy atom. The van der Waals surface area contributed by atoms with Crippen LogP contribution in [0, 0.1) is 5.92 Å². The third kappa shape index (κ3) is 2.10. The van der Waals surface area contributed by atoms with Crippen molar-refractivity contribution in [3.05, 3.63) is 0 Å². The van der Waals surface area contributed by atoms with Gasteiger partial charge in [-0.25, -0.2) is 0 Å². The topological polar surface area (TPSA) is 40.4 Å². The summed E-state index contributed by atoms with van der Waals surface area (Å²) in [5, 5.41) is 0. The van der Waals surface area contributed by atoms with Gasteiger partial charge in [0, 0.05) is 26.7 Å². The van der Waals surface area contributed by atoms with Crippen molar-refractivity contribution >= 4 is 10.2 Å². The minimum atomic E-state index is -3.08. The molecule has 0 aromatic carbocycles. The molecule has 5 heteroatoms. The molecule has 0 amide bonds. The van der Waals surface area contributed by atoms with Gasteiger partial charge in [-0.15, -0.1) is 0 Å². The maximum absolute atomic E-state index is 11.7. The van der Waals surface area contributed by atoms with E-state index in [-0.39, 0.29) is 0 Å². The van der Waals surface area contributed by atoms with Crippen LogP contribution < -0.4 is 0 Å². The van der Waals surface area contributed by atoms with Gasteiger partial charge < -0.3 is 0 Å². The Bertz CT molecular complexity index is 294. The van der Waals surface area contributed by atoms with E-state index in [1.54, 1.807) is 7.05 Å². The number of hydrogen-bond donors (Lipinski definition) is 0. The highest BCUT2D eigenvalue weighted by Crippen LogP contribution is 2.29. The van der Waals surface area contributed by atoms with Crippen LogP contribution in [-0.2, 0) is 10.2 Å². The zero-order valence-corrected chi connectivity index (χ0v) is 9.46. The van der Waals surface area contributed by atoms with E-state index in [4.69, 9.17) is 0 Å². The van der Waals surface area contributed by atoms with Gasteiger partial charge in [-0.2, -0.15) is 17.0 Å². The predicted octanol–water partition coefficient (Wildman–Crippen LogP) is 0.669. The first-order valence-corrected chi connectivity index (χ1v) is 6.72. The summed E-state index contributed by atoms with van der Waals surface area (Å²) in [5.41, 5.74) is 0. The molecule has 0 unspecified atom stereocenters. The fourth-order valence-corrected chi connectivity index (χ4v) is 3.00. The first-order valence-electron chi connectivity index (χ1n) is 5.32. The first kappa shape index (κ1) is 10.4. The molecule has 4 nitrogen and oxygen atoms in total. The molecule has 0 radical (unpaired) electrons. The Balaban J connectivity index is 1.78. The highest BCUT2D eigenvalue weighted by Gasteiger charge is 2.35. The first-order chi connectivity index (χ1) is 6.60. The van der Waals surface area contributed by atoms with E-state index in [1.807, 2.05) is 0 Å². The Morgan fingerprint density at radius 3 is 2.43 bits per heavy atom. The van der Waals surface area contributed by atoms with Gasteiger partial charge in [0.05, 0.1) is 0 Å². The normalized spacial score (nSPS) is 23.9. The number of hydrogen-bond acceptors (Lipinski definition) is 2. The molecule has 1 aliphatic carbocycles. The molecular formula is C9H18N2O2S. The second-order valence-corrected chi connectivity index (χ2v) is 6.35. The molecule has 2 rings (SSSR count). The van der Waals surface area contributed by atoms with Crippen molar-refractivity contribution in [2.75, 3.05) is 26.7 Å². The van der Waals surface area contributed by atoms with Crippen molar-refractivity contribution in [3.8, 4) is 0 Å². The molecule has 0 atom stereocenters. The molecule has 0 spiro atoms. The lowest BCUT2D eigenvalue weighted by atomic mass is 9.83. The van der Waals surface area contributed by atoms with Gasteiger partial charge in [0.1, 0.15) is 0 Å².